The van der Waals surface area contributed by atoms with Crippen molar-refractivity contribution < 1.29 is 14.3 Å². The minimum absolute atomic E-state index is 0.171. The van der Waals surface area contributed by atoms with Crippen LogP contribution in [0.25, 0.3) is 0 Å². The molecule has 7 heteroatoms. The Balaban J connectivity index is 1.35. The van der Waals surface area contributed by atoms with Crippen LogP contribution in [0.1, 0.15) is 34.0 Å². The zero-order chi connectivity index (χ0) is 20.2. The third-order valence-corrected chi connectivity index (χ3v) is 5.07. The van der Waals surface area contributed by atoms with Gasteiger partial charge in [0.1, 0.15) is 12.7 Å². The summed E-state index contributed by atoms with van der Waals surface area (Å²) >= 11 is 0. The number of aromatic nitrogens is 3. The van der Waals surface area contributed by atoms with Gasteiger partial charge in [-0.1, -0.05) is 36.4 Å². The number of benzene rings is 2. The lowest BCUT2D eigenvalue weighted by Gasteiger charge is -2.30. The predicted octanol–water partition coefficient (Wildman–Crippen LogP) is 2.46. The molecule has 0 radical (unpaired) electrons. The normalized spacial score (nSPS) is 14.2. The second-order valence-corrected chi connectivity index (χ2v) is 7.12. The van der Waals surface area contributed by atoms with Crippen molar-refractivity contribution in [1.29, 1.82) is 0 Å². The summed E-state index contributed by atoms with van der Waals surface area (Å²) < 4.78 is 7.13. The maximum Gasteiger partial charge on any atom is 0.338 e. The Hall–Kier alpha value is -3.48. The molecule has 0 fully saturated rings. The van der Waals surface area contributed by atoms with Crippen molar-refractivity contribution in [3.8, 4) is 0 Å². The van der Waals surface area contributed by atoms with E-state index in [0.717, 1.165) is 17.5 Å². The first-order valence-corrected chi connectivity index (χ1v) is 9.58. The van der Waals surface area contributed by atoms with Gasteiger partial charge < -0.3 is 9.64 Å². The number of amides is 1. The van der Waals surface area contributed by atoms with Crippen LogP contribution in [0, 0.1) is 0 Å². The Morgan fingerprint density at radius 3 is 2.59 bits per heavy atom. The standard InChI is InChI=1S/C22H22N4O3/c1-16(21(27)25-11-10-18-4-2-3-5-20(18)13-25)29-22(28)19-8-6-17(7-9-19)12-26-15-23-14-24-26/h2-9,14-16H,10-13H2,1H3/t16-/m1/s1. The molecule has 0 N–H and O–H groups in total. The first-order valence-electron chi connectivity index (χ1n) is 9.58. The number of esters is 1. The number of nitrogens with zero attached hydrogens (tertiary/aromatic N) is 4. The minimum atomic E-state index is -0.831. The summed E-state index contributed by atoms with van der Waals surface area (Å²) in [6.07, 6.45) is 3.09. The van der Waals surface area contributed by atoms with Gasteiger partial charge in [-0.3, -0.25) is 4.79 Å². The first kappa shape index (κ1) is 18.9. The quantitative estimate of drug-likeness (QED) is 0.626. The van der Waals surface area contributed by atoms with Crippen LogP contribution in [0.15, 0.2) is 61.2 Å². The number of carbonyl (C=O) groups excluding carboxylic acids is 2. The third kappa shape index (κ3) is 4.34. The summed E-state index contributed by atoms with van der Waals surface area (Å²) in [6, 6.07) is 15.2. The van der Waals surface area contributed by atoms with Gasteiger partial charge in [-0.2, -0.15) is 5.10 Å². The van der Waals surface area contributed by atoms with Crippen LogP contribution in [-0.4, -0.2) is 44.2 Å². The highest BCUT2D eigenvalue weighted by atomic mass is 16.5. The number of ether oxygens (including phenoxy) is 1. The number of hydrogen-bond donors (Lipinski definition) is 0. The van der Waals surface area contributed by atoms with Crippen LogP contribution in [0.2, 0.25) is 0 Å². The molecule has 2 aromatic carbocycles. The molecule has 0 saturated carbocycles. The molecule has 1 aromatic heterocycles. The molecule has 4 rings (SSSR count). The van der Waals surface area contributed by atoms with Gasteiger partial charge in [0, 0.05) is 13.1 Å². The maximum atomic E-state index is 12.7. The largest absolute Gasteiger partial charge is 0.449 e. The van der Waals surface area contributed by atoms with E-state index in [4.69, 9.17) is 4.74 Å². The van der Waals surface area contributed by atoms with Crippen LogP contribution in [0.5, 0.6) is 0 Å². The molecule has 148 valence electrons. The molecule has 0 bridgehead atoms. The monoisotopic (exact) mass is 390 g/mol. The van der Waals surface area contributed by atoms with Crippen molar-refractivity contribution in [2.24, 2.45) is 0 Å². The van der Waals surface area contributed by atoms with Crippen molar-refractivity contribution in [2.45, 2.75) is 32.5 Å². The van der Waals surface area contributed by atoms with Crippen LogP contribution >= 0.6 is 0 Å². The molecule has 1 aliphatic rings. The fraction of sp³-hybridized carbons (Fsp3) is 0.273. The van der Waals surface area contributed by atoms with Crippen molar-refractivity contribution in [2.75, 3.05) is 6.54 Å². The van der Waals surface area contributed by atoms with E-state index in [1.54, 1.807) is 35.0 Å². The van der Waals surface area contributed by atoms with E-state index in [1.165, 1.54) is 11.9 Å². The van der Waals surface area contributed by atoms with E-state index in [2.05, 4.69) is 16.1 Å². The van der Waals surface area contributed by atoms with Gasteiger partial charge in [0.2, 0.25) is 0 Å². The zero-order valence-electron chi connectivity index (χ0n) is 16.2. The van der Waals surface area contributed by atoms with Crippen LogP contribution in [0.3, 0.4) is 0 Å². The molecule has 2 heterocycles. The highest BCUT2D eigenvalue weighted by molar-refractivity contribution is 5.92. The molecule has 7 nitrogen and oxygen atoms in total. The molecular formula is C22H22N4O3. The number of hydrogen-bond acceptors (Lipinski definition) is 5. The van der Waals surface area contributed by atoms with E-state index in [-0.39, 0.29) is 5.91 Å². The lowest BCUT2D eigenvalue weighted by Crippen LogP contribution is -2.42. The predicted molar refractivity (Wildman–Crippen MR) is 106 cm³/mol. The maximum absolute atomic E-state index is 12.7. The minimum Gasteiger partial charge on any atom is -0.449 e. The van der Waals surface area contributed by atoms with Gasteiger partial charge in [-0.15, -0.1) is 0 Å². The Bertz CT molecular complexity index is 999. The summed E-state index contributed by atoms with van der Waals surface area (Å²) in [7, 11) is 0. The van der Waals surface area contributed by atoms with Gasteiger partial charge >= 0.3 is 5.97 Å². The van der Waals surface area contributed by atoms with Crippen molar-refractivity contribution in [1.82, 2.24) is 19.7 Å². The van der Waals surface area contributed by atoms with Gasteiger partial charge in [0.25, 0.3) is 5.91 Å². The lowest BCUT2D eigenvalue weighted by atomic mass is 9.99. The van der Waals surface area contributed by atoms with Crippen molar-refractivity contribution in [3.63, 3.8) is 0 Å². The Kier molecular flexibility index (Phi) is 5.37. The summed E-state index contributed by atoms with van der Waals surface area (Å²) in [5, 5.41) is 4.06. The third-order valence-electron chi connectivity index (χ3n) is 5.07. The average Bonchev–Trinajstić information content (AvgIpc) is 3.26. The van der Waals surface area contributed by atoms with E-state index in [9.17, 15) is 9.59 Å². The molecule has 3 aromatic rings. The first-order chi connectivity index (χ1) is 14.1. The second-order valence-electron chi connectivity index (χ2n) is 7.12. The molecule has 0 unspecified atom stereocenters. The number of carbonyl (C=O) groups is 2. The van der Waals surface area contributed by atoms with Crippen LogP contribution in [-0.2, 0) is 29.0 Å². The molecule has 0 aliphatic carbocycles. The topological polar surface area (TPSA) is 77.3 Å². The van der Waals surface area contributed by atoms with Gasteiger partial charge in [0.05, 0.1) is 12.1 Å². The number of rotatable bonds is 5. The molecular weight excluding hydrogens is 368 g/mol. The van der Waals surface area contributed by atoms with E-state index < -0.39 is 12.1 Å². The molecule has 1 aliphatic heterocycles. The fourth-order valence-electron chi connectivity index (χ4n) is 3.47. The summed E-state index contributed by atoms with van der Waals surface area (Å²) in [5.41, 5.74) is 3.82. The Morgan fingerprint density at radius 2 is 1.86 bits per heavy atom. The smallest absolute Gasteiger partial charge is 0.338 e. The molecule has 0 spiro atoms. The van der Waals surface area contributed by atoms with Gasteiger partial charge in [-0.25, -0.2) is 14.5 Å². The Labute approximate surface area is 168 Å². The summed E-state index contributed by atoms with van der Waals surface area (Å²) in [4.78, 5) is 30.8. The lowest BCUT2D eigenvalue weighted by molar-refractivity contribution is -0.140. The molecule has 1 atom stereocenters. The highest BCUT2D eigenvalue weighted by Gasteiger charge is 2.27. The van der Waals surface area contributed by atoms with Crippen molar-refractivity contribution in [3.05, 3.63) is 83.4 Å². The Morgan fingerprint density at radius 1 is 1.10 bits per heavy atom. The van der Waals surface area contributed by atoms with Gasteiger partial charge in [-0.05, 0) is 42.2 Å². The number of fused-ring (bicyclic) bond motifs is 1. The molecule has 1 amide bonds. The molecule has 29 heavy (non-hydrogen) atoms. The average molecular weight is 390 g/mol. The van der Waals surface area contributed by atoms with Crippen LogP contribution < -0.4 is 0 Å². The summed E-state index contributed by atoms with van der Waals surface area (Å²) in [6.45, 7) is 3.38. The summed E-state index contributed by atoms with van der Waals surface area (Å²) in [5.74, 6) is -0.675. The van der Waals surface area contributed by atoms with E-state index in [1.807, 2.05) is 30.3 Å². The fourth-order valence-corrected chi connectivity index (χ4v) is 3.47. The molecule has 0 saturated heterocycles. The van der Waals surface area contributed by atoms with E-state index in [0.29, 0.717) is 25.2 Å². The van der Waals surface area contributed by atoms with Crippen LogP contribution in [0.4, 0.5) is 0 Å². The SMILES string of the molecule is C[C@@H](OC(=O)c1ccc(Cn2cncn2)cc1)C(=O)N1CCc2ccccc2C1. The van der Waals surface area contributed by atoms with Gasteiger partial charge in [0.15, 0.2) is 6.10 Å². The van der Waals surface area contributed by atoms with E-state index >= 15 is 0 Å². The highest BCUT2D eigenvalue weighted by Crippen LogP contribution is 2.20. The second kappa shape index (κ2) is 8.26. The van der Waals surface area contributed by atoms with Crippen molar-refractivity contribution >= 4 is 11.9 Å². The zero-order valence-corrected chi connectivity index (χ0v) is 16.2.